The first-order valence-corrected chi connectivity index (χ1v) is 13.0. The summed E-state index contributed by atoms with van der Waals surface area (Å²) >= 11 is 1.20. The van der Waals surface area contributed by atoms with Crippen molar-refractivity contribution in [3.63, 3.8) is 0 Å². The summed E-state index contributed by atoms with van der Waals surface area (Å²) in [6, 6.07) is 11.1. The molecule has 0 radical (unpaired) electrons. The zero-order valence-electron chi connectivity index (χ0n) is 21.9. The molecule has 1 aliphatic rings. The molecule has 0 saturated heterocycles. The van der Waals surface area contributed by atoms with Crippen molar-refractivity contribution in [2.45, 2.75) is 26.8 Å². The maximum atomic E-state index is 13.8. The highest BCUT2D eigenvalue weighted by atomic mass is 32.1. The summed E-state index contributed by atoms with van der Waals surface area (Å²) in [5.74, 6) is -0.509. The van der Waals surface area contributed by atoms with Gasteiger partial charge in [-0.15, -0.1) is 0 Å². The normalized spacial score (nSPS) is 14.9. The van der Waals surface area contributed by atoms with Crippen molar-refractivity contribution >= 4 is 29.4 Å². The summed E-state index contributed by atoms with van der Waals surface area (Å²) in [6.45, 7) is 5.30. The van der Waals surface area contributed by atoms with E-state index in [0.29, 0.717) is 50.0 Å². The highest BCUT2D eigenvalue weighted by molar-refractivity contribution is 7.07. The van der Waals surface area contributed by atoms with Crippen molar-refractivity contribution < 1.29 is 33.6 Å². The molecule has 11 heteroatoms. The summed E-state index contributed by atoms with van der Waals surface area (Å²) in [6.07, 6.45) is 1.70. The van der Waals surface area contributed by atoms with Crippen LogP contribution < -0.4 is 34.2 Å². The number of rotatable bonds is 10. The molecule has 39 heavy (non-hydrogen) atoms. The van der Waals surface area contributed by atoms with E-state index in [9.17, 15) is 19.5 Å². The maximum Gasteiger partial charge on any atom is 0.338 e. The molecule has 0 fully saturated rings. The minimum absolute atomic E-state index is 0.169. The van der Waals surface area contributed by atoms with Gasteiger partial charge in [-0.3, -0.25) is 9.36 Å². The molecule has 0 N–H and O–H groups in total. The van der Waals surface area contributed by atoms with Crippen molar-refractivity contribution in [2.75, 3.05) is 26.9 Å². The van der Waals surface area contributed by atoms with Crippen LogP contribution in [0.4, 0.5) is 0 Å². The van der Waals surface area contributed by atoms with E-state index >= 15 is 0 Å². The second-order valence-corrected chi connectivity index (χ2v) is 9.38. The number of aromatic nitrogens is 1. The van der Waals surface area contributed by atoms with E-state index < -0.39 is 24.6 Å². The van der Waals surface area contributed by atoms with Crippen molar-refractivity contribution in [2.24, 2.45) is 4.99 Å². The van der Waals surface area contributed by atoms with E-state index in [1.807, 2.05) is 6.92 Å². The van der Waals surface area contributed by atoms with Crippen LogP contribution in [0.1, 0.15) is 37.9 Å². The topological polar surface area (TPSA) is 128 Å². The third kappa shape index (κ3) is 5.88. The Morgan fingerprint density at radius 3 is 2.46 bits per heavy atom. The number of nitrogens with zero attached hydrogens (tertiary/aromatic N) is 2. The molecular formula is C28H27N2O8S-. The molecule has 0 amide bonds. The summed E-state index contributed by atoms with van der Waals surface area (Å²) in [5, 5.41) is 10.6. The van der Waals surface area contributed by atoms with Crippen molar-refractivity contribution in [1.82, 2.24) is 4.57 Å². The molecule has 1 aromatic heterocycles. The standard InChI is InChI=1S/C28H28N2O8S/c1-5-36-21-14-18(9-12-20(21)35-4)25-24(27(34)37-6-2)16(3)29-28-30(25)26(33)22(39-28)13-17-7-10-19(11-8-17)38-15-23(31)32/h7-14,25H,5-6,15H2,1-4H3,(H,31,32)/p-1/b22-13-/t25-/m1/s1. The largest absolute Gasteiger partial charge is 0.546 e. The number of ether oxygens (including phenoxy) is 4. The first kappa shape index (κ1) is 27.6. The number of esters is 1. The average molecular weight is 552 g/mol. The molecule has 0 bridgehead atoms. The number of thiazole rings is 1. The van der Waals surface area contributed by atoms with Crippen LogP contribution >= 0.6 is 11.3 Å². The van der Waals surface area contributed by atoms with Crippen LogP contribution in [0.25, 0.3) is 6.08 Å². The first-order chi connectivity index (χ1) is 18.8. The van der Waals surface area contributed by atoms with Gasteiger partial charge in [-0.2, -0.15) is 0 Å². The number of carbonyl (C=O) groups is 2. The van der Waals surface area contributed by atoms with Crippen LogP contribution in [0.5, 0.6) is 17.2 Å². The smallest absolute Gasteiger partial charge is 0.338 e. The Balaban J connectivity index is 1.85. The lowest BCUT2D eigenvalue weighted by molar-refractivity contribution is -0.307. The number of hydrogen-bond acceptors (Lipinski definition) is 10. The molecule has 0 unspecified atom stereocenters. The minimum atomic E-state index is -1.32. The fourth-order valence-corrected chi connectivity index (χ4v) is 5.24. The lowest BCUT2D eigenvalue weighted by atomic mass is 9.95. The third-order valence-corrected chi connectivity index (χ3v) is 6.84. The molecule has 1 aliphatic heterocycles. The molecule has 0 saturated carbocycles. The Morgan fingerprint density at radius 2 is 1.82 bits per heavy atom. The Hall–Kier alpha value is -4.38. The third-order valence-electron chi connectivity index (χ3n) is 5.85. The van der Waals surface area contributed by atoms with Crippen LogP contribution in [-0.4, -0.2) is 43.4 Å². The zero-order chi connectivity index (χ0) is 28.1. The Morgan fingerprint density at radius 1 is 1.08 bits per heavy atom. The number of aliphatic carboxylic acids is 1. The van der Waals surface area contributed by atoms with E-state index in [4.69, 9.17) is 18.9 Å². The fraction of sp³-hybridized carbons (Fsp3) is 0.286. The van der Waals surface area contributed by atoms with Gasteiger partial charge in [0.25, 0.3) is 5.56 Å². The van der Waals surface area contributed by atoms with E-state index in [1.54, 1.807) is 62.4 Å². The number of carboxylic acid groups (broad SMARTS) is 1. The van der Waals surface area contributed by atoms with Crippen LogP contribution in [0, 0.1) is 0 Å². The molecule has 10 nitrogen and oxygen atoms in total. The average Bonchev–Trinajstić information content (AvgIpc) is 3.21. The number of carboxylic acids is 1. The van der Waals surface area contributed by atoms with Gasteiger partial charge in [0.15, 0.2) is 16.3 Å². The van der Waals surface area contributed by atoms with Crippen LogP contribution in [-0.2, 0) is 14.3 Å². The van der Waals surface area contributed by atoms with Gasteiger partial charge in [-0.25, -0.2) is 9.79 Å². The molecule has 2 aromatic carbocycles. The number of fused-ring (bicyclic) bond motifs is 1. The van der Waals surface area contributed by atoms with Gasteiger partial charge in [0, 0.05) is 0 Å². The van der Waals surface area contributed by atoms with Crippen molar-refractivity contribution in [1.29, 1.82) is 0 Å². The van der Waals surface area contributed by atoms with Gasteiger partial charge in [0.05, 0.1) is 48.1 Å². The number of methoxy groups -OCH3 is 1. The van der Waals surface area contributed by atoms with Crippen molar-refractivity contribution in [3.05, 3.63) is 84.5 Å². The molecular weight excluding hydrogens is 524 g/mol. The monoisotopic (exact) mass is 551 g/mol. The quantitative estimate of drug-likeness (QED) is 0.345. The second kappa shape index (κ2) is 12.0. The summed E-state index contributed by atoms with van der Waals surface area (Å²) < 4.78 is 23.5. The maximum absolute atomic E-state index is 13.8. The van der Waals surface area contributed by atoms with Gasteiger partial charge in [0.1, 0.15) is 12.4 Å². The molecule has 0 spiro atoms. The summed E-state index contributed by atoms with van der Waals surface area (Å²) in [4.78, 5) is 42.5. The number of allylic oxidation sites excluding steroid dienone is 1. The molecule has 0 aliphatic carbocycles. The fourth-order valence-electron chi connectivity index (χ4n) is 4.19. The highest BCUT2D eigenvalue weighted by Crippen LogP contribution is 2.36. The summed E-state index contributed by atoms with van der Waals surface area (Å²) in [5.41, 5.74) is 1.72. The number of hydrogen-bond donors (Lipinski definition) is 0. The van der Waals surface area contributed by atoms with E-state index in [0.717, 1.165) is 0 Å². The Kier molecular flexibility index (Phi) is 8.50. The van der Waals surface area contributed by atoms with Crippen LogP contribution in [0.2, 0.25) is 0 Å². The highest BCUT2D eigenvalue weighted by Gasteiger charge is 2.34. The van der Waals surface area contributed by atoms with Gasteiger partial charge in [-0.1, -0.05) is 29.5 Å². The Bertz CT molecular complexity index is 1600. The number of benzene rings is 2. The lowest BCUT2D eigenvalue weighted by Crippen LogP contribution is -2.40. The zero-order valence-corrected chi connectivity index (χ0v) is 22.7. The first-order valence-electron chi connectivity index (χ1n) is 12.2. The van der Waals surface area contributed by atoms with Gasteiger partial charge < -0.3 is 28.8 Å². The van der Waals surface area contributed by atoms with Crippen LogP contribution in [0.3, 0.4) is 0 Å². The van der Waals surface area contributed by atoms with Crippen LogP contribution in [0.15, 0.2) is 63.5 Å². The molecule has 2 heterocycles. The van der Waals surface area contributed by atoms with Gasteiger partial charge >= 0.3 is 5.97 Å². The summed E-state index contributed by atoms with van der Waals surface area (Å²) in [7, 11) is 1.54. The van der Waals surface area contributed by atoms with Crippen molar-refractivity contribution in [3.8, 4) is 17.2 Å². The second-order valence-electron chi connectivity index (χ2n) is 8.38. The molecule has 4 rings (SSSR count). The van der Waals surface area contributed by atoms with E-state index in [1.165, 1.54) is 23.0 Å². The molecule has 204 valence electrons. The predicted octanol–water partition coefficient (Wildman–Crippen LogP) is 1.33. The lowest BCUT2D eigenvalue weighted by Gasteiger charge is -2.25. The molecule has 3 aromatic rings. The minimum Gasteiger partial charge on any atom is -0.546 e. The SMILES string of the molecule is CCOC(=O)C1=C(C)N=c2s/c(=C\c3ccc(OCC(=O)[O-])cc3)c(=O)n2[C@@H]1c1ccc(OC)c(OCC)c1. The number of carbonyl (C=O) groups excluding carboxylic acids is 2. The molecule has 1 atom stereocenters. The van der Waals surface area contributed by atoms with Gasteiger partial charge in [0.2, 0.25) is 0 Å². The van der Waals surface area contributed by atoms with E-state index in [-0.39, 0.29) is 17.7 Å². The van der Waals surface area contributed by atoms with E-state index in [2.05, 4.69) is 4.99 Å². The Labute approximate surface area is 228 Å². The predicted molar refractivity (Wildman–Crippen MR) is 142 cm³/mol. The van der Waals surface area contributed by atoms with Gasteiger partial charge in [-0.05, 0) is 62.2 Å².